The van der Waals surface area contributed by atoms with Gasteiger partial charge in [-0.05, 0) is 33.4 Å². The first kappa shape index (κ1) is 14.6. The minimum Gasteiger partial charge on any atom is -0.312 e. The van der Waals surface area contributed by atoms with Crippen molar-refractivity contribution in [2.45, 2.75) is 31.2 Å². The molecule has 1 N–H and O–H groups in total. The quantitative estimate of drug-likeness (QED) is 0.839. The highest BCUT2D eigenvalue weighted by Gasteiger charge is 2.11. The first-order valence-electron chi connectivity index (χ1n) is 6.39. The monoisotopic (exact) mass is 292 g/mol. The van der Waals surface area contributed by atoms with E-state index in [1.165, 1.54) is 16.7 Å². The van der Waals surface area contributed by atoms with Crippen LogP contribution in [0.1, 0.15) is 28.4 Å². The van der Waals surface area contributed by atoms with Gasteiger partial charge in [-0.1, -0.05) is 41.1 Å². The Morgan fingerprint density at radius 3 is 2.42 bits per heavy atom. The minimum atomic E-state index is 0.368. The van der Waals surface area contributed by atoms with E-state index in [0.717, 1.165) is 15.8 Å². The van der Waals surface area contributed by atoms with Gasteiger partial charge in [-0.25, -0.2) is 4.98 Å². The summed E-state index contributed by atoms with van der Waals surface area (Å²) in [6.45, 7) is 6.35. The van der Waals surface area contributed by atoms with Crippen molar-refractivity contribution in [1.29, 1.82) is 0 Å². The normalized spacial score (nSPS) is 12.6. The molecule has 0 aliphatic carbocycles. The van der Waals surface area contributed by atoms with E-state index in [2.05, 4.69) is 47.7 Å². The van der Waals surface area contributed by atoms with Crippen molar-refractivity contribution in [3.63, 3.8) is 0 Å². The Morgan fingerprint density at radius 1 is 1.21 bits per heavy atom. The van der Waals surface area contributed by atoms with Gasteiger partial charge in [0.1, 0.15) is 4.34 Å². The lowest BCUT2D eigenvalue weighted by Gasteiger charge is -2.17. The van der Waals surface area contributed by atoms with Crippen LogP contribution in [0.5, 0.6) is 0 Å². The molecule has 1 aromatic carbocycles. The maximum atomic E-state index is 4.50. The van der Waals surface area contributed by atoms with Crippen LogP contribution >= 0.6 is 23.1 Å². The number of aryl methyl sites for hydroxylation is 3. The van der Waals surface area contributed by atoms with E-state index >= 15 is 0 Å². The van der Waals surface area contributed by atoms with Gasteiger partial charge in [0.25, 0.3) is 0 Å². The third kappa shape index (κ3) is 4.06. The number of thioether (sulfide) groups is 1. The van der Waals surface area contributed by atoms with Crippen LogP contribution in [-0.2, 0) is 0 Å². The predicted molar refractivity (Wildman–Crippen MR) is 85.3 cm³/mol. The number of thiazole rings is 1. The summed E-state index contributed by atoms with van der Waals surface area (Å²) in [5, 5.41) is 5.51. The van der Waals surface area contributed by atoms with Crippen LogP contribution < -0.4 is 5.32 Å². The molecule has 102 valence electrons. The smallest absolute Gasteiger partial charge is 0.150 e. The molecule has 0 spiro atoms. The molecular formula is C15H20N2S2. The summed E-state index contributed by atoms with van der Waals surface area (Å²) >= 11 is 3.55. The van der Waals surface area contributed by atoms with Gasteiger partial charge in [-0.2, -0.15) is 0 Å². The number of nitrogens with zero attached hydrogens (tertiary/aromatic N) is 1. The third-order valence-electron chi connectivity index (χ3n) is 2.97. The number of rotatable bonds is 5. The Kier molecular flexibility index (Phi) is 5.02. The SMILES string of the molecule is CNC(CSc1nc(C)cs1)c1cc(C)cc(C)c1. The minimum absolute atomic E-state index is 0.368. The lowest BCUT2D eigenvalue weighted by molar-refractivity contribution is 0.660. The average molecular weight is 292 g/mol. The standard InChI is InChI=1S/C15H20N2S2/c1-10-5-11(2)7-13(6-10)14(16-4)9-19-15-17-12(3)8-18-15/h5-8,14,16H,9H2,1-4H3. The zero-order valence-corrected chi connectivity index (χ0v) is 13.5. The second-order valence-electron chi connectivity index (χ2n) is 4.83. The van der Waals surface area contributed by atoms with E-state index in [0.29, 0.717) is 6.04 Å². The van der Waals surface area contributed by atoms with Gasteiger partial charge in [0, 0.05) is 22.9 Å². The van der Waals surface area contributed by atoms with Crippen molar-refractivity contribution in [2.75, 3.05) is 12.8 Å². The van der Waals surface area contributed by atoms with Gasteiger partial charge >= 0.3 is 0 Å². The fourth-order valence-corrected chi connectivity index (χ4v) is 4.13. The first-order valence-corrected chi connectivity index (χ1v) is 8.25. The molecule has 0 fully saturated rings. The molecule has 0 saturated carbocycles. The Bertz CT molecular complexity index is 529. The van der Waals surface area contributed by atoms with Gasteiger partial charge < -0.3 is 5.32 Å². The zero-order valence-electron chi connectivity index (χ0n) is 11.9. The van der Waals surface area contributed by atoms with Crippen LogP contribution in [0.15, 0.2) is 27.9 Å². The molecule has 1 unspecified atom stereocenters. The summed E-state index contributed by atoms with van der Waals surface area (Å²) in [5.41, 5.74) is 5.12. The summed E-state index contributed by atoms with van der Waals surface area (Å²) in [5.74, 6) is 1.01. The highest BCUT2D eigenvalue weighted by atomic mass is 32.2. The molecule has 2 nitrogen and oxygen atoms in total. The molecule has 19 heavy (non-hydrogen) atoms. The molecule has 2 rings (SSSR count). The van der Waals surface area contributed by atoms with Crippen molar-refractivity contribution < 1.29 is 0 Å². The van der Waals surface area contributed by atoms with E-state index in [4.69, 9.17) is 0 Å². The number of hydrogen-bond acceptors (Lipinski definition) is 4. The van der Waals surface area contributed by atoms with E-state index in [1.807, 2.05) is 25.7 Å². The van der Waals surface area contributed by atoms with E-state index in [1.54, 1.807) is 11.3 Å². The molecule has 1 heterocycles. The molecule has 1 atom stereocenters. The maximum absolute atomic E-state index is 4.50. The lowest BCUT2D eigenvalue weighted by Crippen LogP contribution is -2.19. The van der Waals surface area contributed by atoms with Crippen LogP contribution in [0.4, 0.5) is 0 Å². The highest BCUT2D eigenvalue weighted by Crippen LogP contribution is 2.27. The molecule has 0 bridgehead atoms. The average Bonchev–Trinajstić information content (AvgIpc) is 2.75. The first-order chi connectivity index (χ1) is 9.08. The molecule has 0 aliphatic heterocycles. The maximum Gasteiger partial charge on any atom is 0.150 e. The summed E-state index contributed by atoms with van der Waals surface area (Å²) in [6, 6.07) is 7.12. The van der Waals surface area contributed by atoms with Crippen molar-refractivity contribution >= 4 is 23.1 Å². The van der Waals surface area contributed by atoms with Crippen LogP contribution in [0.25, 0.3) is 0 Å². The van der Waals surface area contributed by atoms with Gasteiger partial charge in [0.15, 0.2) is 0 Å². The number of nitrogens with one attached hydrogen (secondary N) is 1. The van der Waals surface area contributed by atoms with Crippen molar-refractivity contribution in [1.82, 2.24) is 10.3 Å². The Labute approximate surface area is 123 Å². The summed E-state index contributed by atoms with van der Waals surface area (Å²) < 4.78 is 1.15. The van der Waals surface area contributed by atoms with Gasteiger partial charge in [0.2, 0.25) is 0 Å². The number of benzene rings is 1. The Hall–Kier alpha value is -0.840. The predicted octanol–water partition coefficient (Wildman–Crippen LogP) is 4.12. The topological polar surface area (TPSA) is 24.9 Å². The number of hydrogen-bond donors (Lipinski definition) is 1. The van der Waals surface area contributed by atoms with Crippen LogP contribution in [-0.4, -0.2) is 17.8 Å². The van der Waals surface area contributed by atoms with Gasteiger partial charge in [-0.15, -0.1) is 11.3 Å². The molecule has 0 amide bonds. The van der Waals surface area contributed by atoms with E-state index < -0.39 is 0 Å². The fraction of sp³-hybridized carbons (Fsp3) is 0.400. The molecule has 4 heteroatoms. The van der Waals surface area contributed by atoms with Crippen molar-refractivity contribution in [3.05, 3.63) is 46.0 Å². The van der Waals surface area contributed by atoms with Gasteiger partial charge in [-0.3, -0.25) is 0 Å². The van der Waals surface area contributed by atoms with E-state index in [9.17, 15) is 0 Å². The van der Waals surface area contributed by atoms with Crippen LogP contribution in [0, 0.1) is 20.8 Å². The molecule has 1 aromatic heterocycles. The second-order valence-corrected chi connectivity index (χ2v) is 6.95. The lowest BCUT2D eigenvalue weighted by atomic mass is 10.0. The largest absolute Gasteiger partial charge is 0.312 e. The fourth-order valence-electron chi connectivity index (χ4n) is 2.11. The Morgan fingerprint density at radius 2 is 1.89 bits per heavy atom. The highest BCUT2D eigenvalue weighted by molar-refractivity contribution is 8.01. The number of aromatic nitrogens is 1. The second kappa shape index (κ2) is 6.55. The van der Waals surface area contributed by atoms with E-state index in [-0.39, 0.29) is 0 Å². The summed E-state index contributed by atoms with van der Waals surface area (Å²) in [4.78, 5) is 4.50. The van der Waals surface area contributed by atoms with Crippen molar-refractivity contribution in [2.24, 2.45) is 0 Å². The molecule has 0 radical (unpaired) electrons. The molecule has 0 aliphatic rings. The van der Waals surface area contributed by atoms with Crippen LogP contribution in [0.2, 0.25) is 0 Å². The molecule has 2 aromatic rings. The van der Waals surface area contributed by atoms with Gasteiger partial charge in [0.05, 0.1) is 0 Å². The Balaban J connectivity index is 2.07. The zero-order chi connectivity index (χ0) is 13.8. The van der Waals surface area contributed by atoms with Crippen molar-refractivity contribution in [3.8, 4) is 0 Å². The summed E-state index contributed by atoms with van der Waals surface area (Å²) in [6.07, 6.45) is 0. The molecule has 0 saturated heterocycles. The van der Waals surface area contributed by atoms with Crippen LogP contribution in [0.3, 0.4) is 0 Å². The summed E-state index contributed by atoms with van der Waals surface area (Å²) in [7, 11) is 2.02. The third-order valence-corrected chi connectivity index (χ3v) is 5.20. The molecular weight excluding hydrogens is 272 g/mol.